The molecule has 2 N–H and O–H groups in total. The van der Waals surface area contributed by atoms with E-state index in [0.29, 0.717) is 11.4 Å². The summed E-state index contributed by atoms with van der Waals surface area (Å²) in [7, 11) is -3.92. The Morgan fingerprint density at radius 1 is 0.944 bits per heavy atom. The highest BCUT2D eigenvalue weighted by Crippen LogP contribution is 2.27. The van der Waals surface area contributed by atoms with E-state index in [-0.39, 0.29) is 35.9 Å². The SMILES string of the molecule is NS(=O)(=O)c1ccc(N2C(=O)CC(N(CCc3ccccc3)C(=O)Cc3ccc(Cl)cc3)C2=O)cc1. The van der Waals surface area contributed by atoms with Crippen LogP contribution in [0.15, 0.2) is 83.8 Å². The van der Waals surface area contributed by atoms with Crippen molar-refractivity contribution in [1.82, 2.24) is 4.90 Å². The second-order valence-corrected chi connectivity index (χ2v) is 10.5. The van der Waals surface area contributed by atoms with Crippen LogP contribution in [-0.2, 0) is 37.2 Å². The average Bonchev–Trinajstić information content (AvgIpc) is 3.14. The maximum absolute atomic E-state index is 13.4. The highest BCUT2D eigenvalue weighted by atomic mass is 35.5. The van der Waals surface area contributed by atoms with Crippen molar-refractivity contribution in [2.45, 2.75) is 30.2 Å². The number of anilines is 1. The molecule has 1 aliphatic heterocycles. The number of imide groups is 1. The zero-order valence-corrected chi connectivity index (χ0v) is 20.8. The van der Waals surface area contributed by atoms with Gasteiger partial charge in [-0.1, -0.05) is 54.1 Å². The molecule has 186 valence electrons. The molecule has 1 atom stereocenters. The number of nitrogens with zero attached hydrogens (tertiary/aromatic N) is 2. The summed E-state index contributed by atoms with van der Waals surface area (Å²) in [4.78, 5) is 42.0. The summed E-state index contributed by atoms with van der Waals surface area (Å²) in [6, 6.07) is 20.6. The molecule has 0 aliphatic carbocycles. The first-order chi connectivity index (χ1) is 17.1. The molecule has 36 heavy (non-hydrogen) atoms. The lowest BCUT2D eigenvalue weighted by Gasteiger charge is -2.28. The van der Waals surface area contributed by atoms with Crippen LogP contribution in [-0.4, -0.2) is 43.6 Å². The van der Waals surface area contributed by atoms with E-state index in [1.807, 2.05) is 30.3 Å². The summed E-state index contributed by atoms with van der Waals surface area (Å²) in [5.41, 5.74) is 1.95. The average molecular weight is 526 g/mol. The van der Waals surface area contributed by atoms with Crippen LogP contribution in [0.5, 0.6) is 0 Å². The Hall–Kier alpha value is -3.53. The summed E-state index contributed by atoms with van der Waals surface area (Å²) >= 11 is 5.95. The van der Waals surface area contributed by atoms with Crippen molar-refractivity contribution < 1.29 is 22.8 Å². The number of rotatable bonds is 8. The van der Waals surface area contributed by atoms with Crippen LogP contribution in [0, 0.1) is 0 Å². The van der Waals surface area contributed by atoms with Crippen molar-refractivity contribution in [2.24, 2.45) is 5.14 Å². The molecule has 10 heteroatoms. The summed E-state index contributed by atoms with van der Waals surface area (Å²) in [6.07, 6.45) is 0.387. The number of nitrogens with two attached hydrogens (primary N) is 1. The van der Waals surface area contributed by atoms with Gasteiger partial charge in [-0.2, -0.15) is 0 Å². The molecule has 1 aliphatic rings. The zero-order chi connectivity index (χ0) is 25.9. The molecule has 4 rings (SSSR count). The van der Waals surface area contributed by atoms with Gasteiger partial charge in [0, 0.05) is 11.6 Å². The quantitative estimate of drug-likeness (QED) is 0.454. The van der Waals surface area contributed by atoms with Crippen molar-refractivity contribution in [3.63, 3.8) is 0 Å². The molecule has 1 fully saturated rings. The number of carbonyl (C=O) groups excluding carboxylic acids is 3. The van der Waals surface area contributed by atoms with Crippen molar-refractivity contribution in [1.29, 1.82) is 0 Å². The number of hydrogen-bond donors (Lipinski definition) is 1. The number of sulfonamides is 1. The zero-order valence-electron chi connectivity index (χ0n) is 19.2. The number of benzene rings is 3. The highest BCUT2D eigenvalue weighted by molar-refractivity contribution is 7.89. The molecule has 0 aromatic heterocycles. The third kappa shape index (κ3) is 5.81. The van der Waals surface area contributed by atoms with Crippen LogP contribution in [0.1, 0.15) is 17.5 Å². The van der Waals surface area contributed by atoms with Gasteiger partial charge in [-0.05, 0) is 53.9 Å². The lowest BCUT2D eigenvalue weighted by Crippen LogP contribution is -2.47. The van der Waals surface area contributed by atoms with Crippen molar-refractivity contribution in [2.75, 3.05) is 11.4 Å². The lowest BCUT2D eigenvalue weighted by molar-refractivity contribution is -0.137. The monoisotopic (exact) mass is 525 g/mol. The van der Waals surface area contributed by atoms with Gasteiger partial charge in [-0.3, -0.25) is 14.4 Å². The van der Waals surface area contributed by atoms with E-state index in [1.165, 1.54) is 29.2 Å². The molecule has 3 amide bonds. The predicted octanol–water partition coefficient (Wildman–Crippen LogP) is 2.93. The van der Waals surface area contributed by atoms with E-state index in [2.05, 4.69) is 0 Å². The fraction of sp³-hybridized carbons (Fsp3) is 0.192. The van der Waals surface area contributed by atoms with Crippen molar-refractivity contribution in [3.05, 3.63) is 95.0 Å². The van der Waals surface area contributed by atoms with Crippen molar-refractivity contribution in [3.8, 4) is 0 Å². The number of carbonyl (C=O) groups is 3. The Labute approximate surface area is 214 Å². The predicted molar refractivity (Wildman–Crippen MR) is 136 cm³/mol. The molecule has 0 radical (unpaired) electrons. The minimum absolute atomic E-state index is 0.0486. The number of hydrogen-bond acceptors (Lipinski definition) is 5. The molecule has 0 saturated carbocycles. The number of halogens is 1. The van der Waals surface area contributed by atoms with Crippen LogP contribution in [0.25, 0.3) is 0 Å². The van der Waals surface area contributed by atoms with Crippen LogP contribution in [0.4, 0.5) is 5.69 Å². The minimum Gasteiger partial charge on any atom is -0.329 e. The number of amides is 3. The Kier molecular flexibility index (Phi) is 7.53. The maximum atomic E-state index is 13.4. The van der Waals surface area contributed by atoms with E-state index in [0.717, 1.165) is 16.0 Å². The lowest BCUT2D eigenvalue weighted by atomic mass is 10.1. The summed E-state index contributed by atoms with van der Waals surface area (Å²) in [5, 5.41) is 5.68. The molecule has 1 unspecified atom stereocenters. The summed E-state index contributed by atoms with van der Waals surface area (Å²) in [6.45, 7) is 0.248. The van der Waals surface area contributed by atoms with Gasteiger partial charge in [-0.25, -0.2) is 18.5 Å². The van der Waals surface area contributed by atoms with E-state index in [1.54, 1.807) is 24.3 Å². The second kappa shape index (κ2) is 10.6. The largest absolute Gasteiger partial charge is 0.329 e. The molecule has 3 aromatic rings. The standard InChI is InChI=1S/C26H24ClN3O5S/c27-20-8-6-19(7-9-20)16-24(31)29(15-14-18-4-2-1-3-5-18)23-17-25(32)30(26(23)33)21-10-12-22(13-11-21)36(28,34)35/h1-13,23H,14-17H2,(H2,28,34,35). The maximum Gasteiger partial charge on any atom is 0.257 e. The van der Waals surface area contributed by atoms with Gasteiger partial charge < -0.3 is 4.90 Å². The normalized spacial score (nSPS) is 15.8. The fourth-order valence-electron chi connectivity index (χ4n) is 4.14. The van der Waals surface area contributed by atoms with Crippen LogP contribution in [0.2, 0.25) is 5.02 Å². The minimum atomic E-state index is -3.92. The van der Waals surface area contributed by atoms with E-state index < -0.39 is 27.9 Å². The summed E-state index contributed by atoms with van der Waals surface area (Å²) < 4.78 is 23.1. The summed E-state index contributed by atoms with van der Waals surface area (Å²) in [5.74, 6) is -1.30. The second-order valence-electron chi connectivity index (χ2n) is 8.45. The van der Waals surface area contributed by atoms with Gasteiger partial charge >= 0.3 is 0 Å². The van der Waals surface area contributed by atoms with Crippen molar-refractivity contribution >= 4 is 45.0 Å². The van der Waals surface area contributed by atoms with E-state index in [4.69, 9.17) is 16.7 Å². The molecule has 0 bridgehead atoms. The molecule has 1 heterocycles. The molecular weight excluding hydrogens is 502 g/mol. The molecule has 8 nitrogen and oxygen atoms in total. The van der Waals surface area contributed by atoms with Crippen LogP contribution in [0.3, 0.4) is 0 Å². The Morgan fingerprint density at radius 3 is 2.19 bits per heavy atom. The first-order valence-electron chi connectivity index (χ1n) is 11.2. The number of primary sulfonamides is 1. The third-order valence-electron chi connectivity index (χ3n) is 6.00. The highest BCUT2D eigenvalue weighted by Gasteiger charge is 2.44. The smallest absolute Gasteiger partial charge is 0.257 e. The first kappa shape index (κ1) is 25.6. The molecule has 1 saturated heterocycles. The van der Waals surface area contributed by atoms with Gasteiger partial charge in [-0.15, -0.1) is 0 Å². The Morgan fingerprint density at radius 2 is 1.58 bits per heavy atom. The molecular formula is C26H24ClN3O5S. The fourth-order valence-corrected chi connectivity index (χ4v) is 4.78. The Balaban J connectivity index is 1.59. The Bertz CT molecular complexity index is 1380. The van der Waals surface area contributed by atoms with Crippen LogP contribution < -0.4 is 10.0 Å². The van der Waals surface area contributed by atoms with Gasteiger partial charge in [0.2, 0.25) is 21.8 Å². The van der Waals surface area contributed by atoms with E-state index >= 15 is 0 Å². The van der Waals surface area contributed by atoms with Gasteiger partial charge in [0.15, 0.2) is 0 Å². The topological polar surface area (TPSA) is 118 Å². The molecule has 0 spiro atoms. The van der Waals surface area contributed by atoms with E-state index in [9.17, 15) is 22.8 Å². The van der Waals surface area contributed by atoms with Gasteiger partial charge in [0.1, 0.15) is 6.04 Å². The third-order valence-corrected chi connectivity index (χ3v) is 7.18. The van der Waals surface area contributed by atoms with Crippen LogP contribution >= 0.6 is 11.6 Å². The van der Waals surface area contributed by atoms with Gasteiger partial charge in [0.25, 0.3) is 5.91 Å². The first-order valence-corrected chi connectivity index (χ1v) is 13.1. The van der Waals surface area contributed by atoms with Gasteiger partial charge in [0.05, 0.1) is 23.4 Å². The molecule has 3 aromatic carbocycles.